The van der Waals surface area contributed by atoms with Gasteiger partial charge in [-0.2, -0.15) is 8.42 Å². The van der Waals surface area contributed by atoms with Crippen molar-refractivity contribution in [3.05, 3.63) is 36.4 Å². The van der Waals surface area contributed by atoms with Crippen molar-refractivity contribution in [2.75, 3.05) is 18.2 Å². The molecule has 0 atom stereocenters. The number of benzene rings is 2. The second kappa shape index (κ2) is 5.48. The minimum atomic E-state index is -3.61. The number of hydrogen-bond acceptors (Lipinski definition) is 5. The first-order chi connectivity index (χ1) is 9.39. The molecule has 20 heavy (non-hydrogen) atoms. The van der Waals surface area contributed by atoms with Crippen LogP contribution in [0.2, 0.25) is 0 Å². The largest absolute Gasteiger partial charge is 0.387 e. The first-order valence-electron chi connectivity index (χ1n) is 5.72. The van der Waals surface area contributed by atoms with Crippen LogP contribution in [0.1, 0.15) is 0 Å². The lowest BCUT2D eigenvalue weighted by molar-refractivity contribution is -0.118. The summed E-state index contributed by atoms with van der Waals surface area (Å²) in [5.41, 5.74) is 0.473. The van der Waals surface area contributed by atoms with Crippen molar-refractivity contribution >= 4 is 32.5 Å². The van der Waals surface area contributed by atoms with E-state index in [9.17, 15) is 13.2 Å². The second-order valence-corrected chi connectivity index (χ2v) is 5.76. The van der Waals surface area contributed by atoms with Gasteiger partial charge in [0.15, 0.2) is 0 Å². The molecule has 106 valence electrons. The number of carbonyl (C=O) groups is 1. The highest BCUT2D eigenvalue weighted by Crippen LogP contribution is 2.28. The van der Waals surface area contributed by atoms with E-state index >= 15 is 0 Å². The van der Waals surface area contributed by atoms with E-state index in [0.717, 1.165) is 11.6 Å². The molecule has 2 rings (SSSR count). The summed E-state index contributed by atoms with van der Waals surface area (Å²) in [5, 5.41) is 12.7. The van der Waals surface area contributed by atoms with Gasteiger partial charge in [0.2, 0.25) is 5.91 Å². The highest BCUT2D eigenvalue weighted by molar-refractivity contribution is 7.86. The molecule has 0 aliphatic rings. The van der Waals surface area contributed by atoms with Crippen LogP contribution in [0, 0.1) is 0 Å². The van der Waals surface area contributed by atoms with Crippen LogP contribution >= 0.6 is 0 Å². The van der Waals surface area contributed by atoms with Crippen LogP contribution in [0.5, 0.6) is 5.75 Å². The molecule has 6 nitrogen and oxygen atoms in total. The van der Waals surface area contributed by atoms with Gasteiger partial charge >= 0.3 is 10.1 Å². The first-order valence-corrected chi connectivity index (χ1v) is 7.53. The minimum absolute atomic E-state index is 0.158. The summed E-state index contributed by atoms with van der Waals surface area (Å²) in [6.07, 6.45) is 0.955. The third-order valence-corrected chi connectivity index (χ3v) is 3.01. The van der Waals surface area contributed by atoms with Crippen LogP contribution in [0.25, 0.3) is 10.8 Å². The first kappa shape index (κ1) is 14.3. The maximum atomic E-state index is 11.3. The van der Waals surface area contributed by atoms with Crippen LogP contribution in [-0.4, -0.2) is 32.3 Å². The molecular formula is C13H13NO5S. The lowest BCUT2D eigenvalue weighted by Crippen LogP contribution is -2.15. The van der Waals surface area contributed by atoms with Crippen LogP contribution in [0.4, 0.5) is 5.69 Å². The molecule has 0 aliphatic heterocycles. The third-order valence-electron chi connectivity index (χ3n) is 2.52. The predicted molar refractivity (Wildman–Crippen MR) is 75.1 cm³/mol. The smallest absolute Gasteiger partial charge is 0.306 e. The quantitative estimate of drug-likeness (QED) is 0.824. The third kappa shape index (κ3) is 3.46. The molecule has 1 amide bonds. The van der Waals surface area contributed by atoms with Gasteiger partial charge in [-0.3, -0.25) is 4.79 Å². The monoisotopic (exact) mass is 295 g/mol. The van der Waals surface area contributed by atoms with Crippen LogP contribution in [-0.2, 0) is 14.9 Å². The molecule has 0 aliphatic carbocycles. The normalized spacial score (nSPS) is 11.3. The van der Waals surface area contributed by atoms with E-state index < -0.39 is 22.6 Å². The fraction of sp³-hybridized carbons (Fsp3) is 0.154. The average molecular weight is 295 g/mol. The molecule has 0 heterocycles. The zero-order valence-electron chi connectivity index (χ0n) is 10.7. The lowest BCUT2D eigenvalue weighted by atomic mass is 10.1. The molecule has 0 aromatic heterocycles. The van der Waals surface area contributed by atoms with E-state index in [-0.39, 0.29) is 5.75 Å². The van der Waals surface area contributed by atoms with Gasteiger partial charge in [-0.05, 0) is 23.6 Å². The molecule has 0 radical (unpaired) electrons. The van der Waals surface area contributed by atoms with E-state index in [4.69, 9.17) is 9.29 Å². The summed E-state index contributed by atoms with van der Waals surface area (Å²) in [5.74, 6) is -0.391. The molecule has 2 aromatic carbocycles. The number of nitrogens with one attached hydrogen (secondary N) is 1. The Morgan fingerprint density at radius 1 is 1.30 bits per heavy atom. The average Bonchev–Trinajstić information content (AvgIpc) is 2.37. The molecule has 0 bridgehead atoms. The second-order valence-electron chi connectivity index (χ2n) is 4.18. The number of aliphatic hydroxyl groups excluding tert-OH is 1. The maximum Gasteiger partial charge on any atom is 0.306 e. The number of hydrogen-bond donors (Lipinski definition) is 2. The standard InChI is InChI=1S/C13H13NO5S/c1-20(17,18)19-10-6-5-9-3-2-4-12(11(9)7-10)14-13(16)8-15/h2-7,15H,8H2,1H3,(H,14,16). The summed E-state index contributed by atoms with van der Waals surface area (Å²) in [7, 11) is -3.61. The maximum absolute atomic E-state index is 11.3. The number of aliphatic hydroxyl groups is 1. The highest BCUT2D eigenvalue weighted by atomic mass is 32.2. The molecule has 0 saturated heterocycles. The number of amides is 1. The Labute approximate surface area is 116 Å². The zero-order valence-corrected chi connectivity index (χ0v) is 11.5. The molecule has 0 fully saturated rings. The van der Waals surface area contributed by atoms with Crippen molar-refractivity contribution in [3.63, 3.8) is 0 Å². The molecule has 7 heteroatoms. The van der Waals surface area contributed by atoms with Gasteiger partial charge < -0.3 is 14.6 Å². The van der Waals surface area contributed by atoms with Crippen molar-refractivity contribution in [2.24, 2.45) is 0 Å². The van der Waals surface area contributed by atoms with E-state index in [1.807, 2.05) is 6.07 Å². The Hall–Kier alpha value is -2.12. The number of rotatable bonds is 4. The topological polar surface area (TPSA) is 92.7 Å². The van der Waals surface area contributed by atoms with Gasteiger partial charge in [-0.15, -0.1) is 0 Å². The Morgan fingerprint density at radius 2 is 2.05 bits per heavy atom. The van der Waals surface area contributed by atoms with Crippen molar-refractivity contribution in [3.8, 4) is 5.75 Å². The summed E-state index contributed by atoms with van der Waals surface area (Å²) in [6, 6.07) is 9.94. The van der Waals surface area contributed by atoms with E-state index in [1.54, 1.807) is 18.2 Å². The van der Waals surface area contributed by atoms with Crippen LogP contribution < -0.4 is 9.50 Å². The lowest BCUT2D eigenvalue weighted by Gasteiger charge is -2.09. The SMILES string of the molecule is CS(=O)(=O)Oc1ccc2cccc(NC(=O)CO)c2c1. The van der Waals surface area contributed by atoms with Gasteiger partial charge in [0.25, 0.3) is 0 Å². The van der Waals surface area contributed by atoms with Gasteiger partial charge in [0.1, 0.15) is 12.4 Å². The van der Waals surface area contributed by atoms with E-state index in [2.05, 4.69) is 5.32 Å². The van der Waals surface area contributed by atoms with Gasteiger partial charge in [-0.25, -0.2) is 0 Å². The summed E-state index contributed by atoms with van der Waals surface area (Å²) < 4.78 is 27.0. The van der Waals surface area contributed by atoms with Gasteiger partial charge in [-0.1, -0.05) is 18.2 Å². The van der Waals surface area contributed by atoms with Gasteiger partial charge in [0, 0.05) is 11.1 Å². The summed E-state index contributed by atoms with van der Waals surface area (Å²) >= 11 is 0. The Kier molecular flexibility index (Phi) is 3.91. The molecular weight excluding hydrogens is 282 g/mol. The van der Waals surface area contributed by atoms with Crippen molar-refractivity contribution in [1.29, 1.82) is 0 Å². The predicted octanol–water partition coefficient (Wildman–Crippen LogP) is 1.11. The number of anilines is 1. The van der Waals surface area contributed by atoms with Crippen LogP contribution in [0.3, 0.4) is 0 Å². The summed E-state index contributed by atoms with van der Waals surface area (Å²) in [6.45, 7) is -0.629. The number of fused-ring (bicyclic) bond motifs is 1. The molecule has 0 unspecified atom stereocenters. The van der Waals surface area contributed by atoms with Crippen molar-refractivity contribution in [1.82, 2.24) is 0 Å². The van der Waals surface area contributed by atoms with Crippen LogP contribution in [0.15, 0.2) is 36.4 Å². The van der Waals surface area contributed by atoms with Crippen molar-refractivity contribution < 1.29 is 22.5 Å². The highest BCUT2D eigenvalue weighted by Gasteiger charge is 2.08. The summed E-state index contributed by atoms with van der Waals surface area (Å²) in [4.78, 5) is 11.3. The van der Waals surface area contributed by atoms with E-state index in [0.29, 0.717) is 11.1 Å². The zero-order chi connectivity index (χ0) is 14.8. The Morgan fingerprint density at radius 3 is 2.70 bits per heavy atom. The fourth-order valence-electron chi connectivity index (χ4n) is 1.78. The van der Waals surface area contributed by atoms with Crippen molar-refractivity contribution in [2.45, 2.75) is 0 Å². The minimum Gasteiger partial charge on any atom is -0.387 e. The Balaban J connectivity index is 2.48. The molecule has 0 spiro atoms. The molecule has 2 aromatic rings. The molecule has 2 N–H and O–H groups in total. The number of carbonyl (C=O) groups excluding carboxylic acids is 1. The fourth-order valence-corrected chi connectivity index (χ4v) is 2.23. The van der Waals surface area contributed by atoms with E-state index in [1.165, 1.54) is 12.1 Å². The molecule has 0 saturated carbocycles. The Bertz CT molecular complexity index is 754. The van der Waals surface area contributed by atoms with Gasteiger partial charge in [0.05, 0.1) is 6.26 Å².